The van der Waals surface area contributed by atoms with Gasteiger partial charge in [0.25, 0.3) is 0 Å². The molecule has 0 aliphatic carbocycles. The van der Waals surface area contributed by atoms with Gasteiger partial charge in [0.1, 0.15) is 5.82 Å². The van der Waals surface area contributed by atoms with E-state index in [2.05, 4.69) is 10.6 Å². The van der Waals surface area contributed by atoms with E-state index in [1.54, 1.807) is 19.1 Å². The lowest BCUT2D eigenvalue weighted by atomic mass is 10.1. The van der Waals surface area contributed by atoms with Crippen molar-refractivity contribution in [3.05, 3.63) is 58.9 Å². The molecule has 0 aromatic heterocycles. The topological polar surface area (TPSA) is 58.2 Å². The third kappa shape index (κ3) is 6.71. The quantitative estimate of drug-likeness (QED) is 0.636. The van der Waals surface area contributed by atoms with Gasteiger partial charge in [-0.15, -0.1) is 0 Å². The van der Waals surface area contributed by atoms with Crippen LogP contribution in [0.15, 0.2) is 36.4 Å². The predicted octanol–water partition coefficient (Wildman–Crippen LogP) is 4.84. The van der Waals surface area contributed by atoms with Crippen molar-refractivity contribution in [2.45, 2.75) is 33.6 Å². The lowest BCUT2D eigenvalue weighted by Gasteiger charge is -2.11. The zero-order valence-electron chi connectivity index (χ0n) is 15.9. The van der Waals surface area contributed by atoms with E-state index >= 15 is 0 Å². The number of hydrogen-bond acceptors (Lipinski definition) is 3. The number of halogens is 1. The zero-order valence-corrected chi connectivity index (χ0v) is 16.7. The van der Waals surface area contributed by atoms with Crippen molar-refractivity contribution in [1.82, 2.24) is 0 Å². The smallest absolute Gasteiger partial charge is 0.234 e. The summed E-state index contributed by atoms with van der Waals surface area (Å²) in [4.78, 5) is 24.0. The molecule has 2 N–H and O–H groups in total. The molecule has 0 radical (unpaired) electrons. The van der Waals surface area contributed by atoms with Crippen LogP contribution in [0, 0.1) is 26.6 Å². The molecule has 27 heavy (non-hydrogen) atoms. The first kappa shape index (κ1) is 21.0. The average Bonchev–Trinajstić information content (AvgIpc) is 2.61. The van der Waals surface area contributed by atoms with E-state index in [9.17, 15) is 14.0 Å². The Morgan fingerprint density at radius 2 is 1.67 bits per heavy atom. The van der Waals surface area contributed by atoms with E-state index in [1.807, 2.05) is 32.0 Å². The van der Waals surface area contributed by atoms with Crippen LogP contribution in [0.2, 0.25) is 0 Å². The normalized spacial score (nSPS) is 10.5. The van der Waals surface area contributed by atoms with Crippen LogP contribution in [-0.4, -0.2) is 23.3 Å². The number of carbonyl (C=O) groups is 2. The van der Waals surface area contributed by atoms with Gasteiger partial charge in [0.05, 0.1) is 5.75 Å². The maximum absolute atomic E-state index is 13.5. The Morgan fingerprint density at radius 1 is 0.963 bits per heavy atom. The summed E-state index contributed by atoms with van der Waals surface area (Å²) >= 11 is 1.46. The molecule has 2 rings (SSSR count). The summed E-state index contributed by atoms with van der Waals surface area (Å²) in [6.45, 7) is 5.61. The van der Waals surface area contributed by atoms with Crippen molar-refractivity contribution in [1.29, 1.82) is 0 Å². The lowest BCUT2D eigenvalue weighted by Crippen LogP contribution is -2.15. The molecule has 0 aliphatic heterocycles. The van der Waals surface area contributed by atoms with Crippen LogP contribution in [0.1, 0.15) is 29.5 Å². The zero-order chi connectivity index (χ0) is 19.8. The number of thioether (sulfide) groups is 1. The van der Waals surface area contributed by atoms with Crippen LogP contribution < -0.4 is 10.6 Å². The Kier molecular flexibility index (Phi) is 7.85. The summed E-state index contributed by atoms with van der Waals surface area (Å²) in [6.07, 6.45) is 1.10. The van der Waals surface area contributed by atoms with E-state index in [-0.39, 0.29) is 23.4 Å². The maximum atomic E-state index is 13.5. The van der Waals surface area contributed by atoms with Crippen molar-refractivity contribution < 1.29 is 14.0 Å². The first-order chi connectivity index (χ1) is 12.9. The highest BCUT2D eigenvalue weighted by Gasteiger charge is 2.08. The first-order valence-corrected chi connectivity index (χ1v) is 10.0. The number of amides is 2. The molecule has 2 aromatic carbocycles. The van der Waals surface area contributed by atoms with Crippen LogP contribution >= 0.6 is 11.8 Å². The number of nitrogens with one attached hydrogen (secondary N) is 2. The molecular weight excluding hydrogens is 363 g/mol. The van der Waals surface area contributed by atoms with Gasteiger partial charge in [-0.2, -0.15) is 11.8 Å². The van der Waals surface area contributed by atoms with E-state index in [4.69, 9.17) is 0 Å². The molecule has 0 saturated carbocycles. The average molecular weight is 389 g/mol. The Labute approximate surface area is 163 Å². The second-order valence-electron chi connectivity index (χ2n) is 6.48. The van der Waals surface area contributed by atoms with Crippen molar-refractivity contribution in [3.8, 4) is 0 Å². The minimum absolute atomic E-state index is 0.0208. The molecule has 2 aromatic rings. The van der Waals surface area contributed by atoms with E-state index in [0.29, 0.717) is 29.8 Å². The number of aryl methyl sites for hydroxylation is 3. The van der Waals surface area contributed by atoms with E-state index in [0.717, 1.165) is 16.8 Å². The second kappa shape index (κ2) is 10.1. The molecule has 0 atom stereocenters. The summed E-state index contributed by atoms with van der Waals surface area (Å²) in [5.41, 5.74) is 3.96. The van der Waals surface area contributed by atoms with Crippen LogP contribution in [0.5, 0.6) is 0 Å². The first-order valence-electron chi connectivity index (χ1n) is 8.86. The van der Waals surface area contributed by atoms with Crippen molar-refractivity contribution >= 4 is 35.0 Å². The van der Waals surface area contributed by atoms with E-state index < -0.39 is 0 Å². The molecule has 0 fully saturated rings. The number of rotatable bonds is 8. The predicted molar refractivity (Wildman–Crippen MR) is 111 cm³/mol. The van der Waals surface area contributed by atoms with Gasteiger partial charge in [0, 0.05) is 17.8 Å². The molecule has 2 amide bonds. The van der Waals surface area contributed by atoms with Gasteiger partial charge < -0.3 is 10.6 Å². The van der Waals surface area contributed by atoms with Crippen LogP contribution in [-0.2, 0) is 9.59 Å². The molecule has 0 aliphatic rings. The molecule has 0 saturated heterocycles. The number of benzene rings is 2. The maximum Gasteiger partial charge on any atom is 0.234 e. The Bertz CT molecular complexity index is 804. The van der Waals surface area contributed by atoms with Gasteiger partial charge in [-0.05, 0) is 61.8 Å². The third-order valence-electron chi connectivity index (χ3n) is 4.13. The number of hydrogen-bond donors (Lipinski definition) is 2. The van der Waals surface area contributed by atoms with Crippen LogP contribution in [0.25, 0.3) is 0 Å². The lowest BCUT2D eigenvalue weighted by molar-refractivity contribution is -0.116. The summed E-state index contributed by atoms with van der Waals surface area (Å²) in [7, 11) is 0. The van der Waals surface area contributed by atoms with Gasteiger partial charge in [0.15, 0.2) is 0 Å². The fourth-order valence-corrected chi connectivity index (χ4v) is 3.33. The van der Waals surface area contributed by atoms with Crippen molar-refractivity contribution in [3.63, 3.8) is 0 Å². The van der Waals surface area contributed by atoms with Gasteiger partial charge in [-0.3, -0.25) is 9.59 Å². The minimum atomic E-state index is -0.338. The number of carbonyl (C=O) groups excluding carboxylic acids is 2. The van der Waals surface area contributed by atoms with Crippen molar-refractivity contribution in [2.75, 3.05) is 22.1 Å². The summed E-state index contributed by atoms with van der Waals surface area (Å²) < 4.78 is 13.5. The summed E-state index contributed by atoms with van der Waals surface area (Å²) in [5.74, 6) is 0.440. The molecule has 0 unspecified atom stereocenters. The van der Waals surface area contributed by atoms with Gasteiger partial charge in [-0.25, -0.2) is 4.39 Å². The van der Waals surface area contributed by atoms with Gasteiger partial charge in [-0.1, -0.05) is 24.3 Å². The largest absolute Gasteiger partial charge is 0.326 e. The Hall–Kier alpha value is -2.34. The van der Waals surface area contributed by atoms with Crippen molar-refractivity contribution in [2.24, 2.45) is 0 Å². The van der Waals surface area contributed by atoms with Gasteiger partial charge >= 0.3 is 0 Å². The fraction of sp³-hybridized carbons (Fsp3) is 0.333. The molecule has 6 heteroatoms. The van der Waals surface area contributed by atoms with Crippen LogP contribution in [0.4, 0.5) is 15.8 Å². The highest BCUT2D eigenvalue weighted by Crippen LogP contribution is 2.20. The van der Waals surface area contributed by atoms with E-state index in [1.165, 1.54) is 17.8 Å². The van der Waals surface area contributed by atoms with Gasteiger partial charge in [0.2, 0.25) is 11.8 Å². The SMILES string of the molecule is Cc1ccc(NC(=O)CSCCCC(=O)Nc2c(C)cccc2C)cc1F. The Morgan fingerprint density at radius 3 is 2.33 bits per heavy atom. The molecular formula is C21H25FN2O2S. The summed E-state index contributed by atoms with van der Waals surface area (Å²) in [5, 5.41) is 5.63. The Balaban J connectivity index is 1.65. The molecule has 0 spiro atoms. The molecule has 0 heterocycles. The molecule has 4 nitrogen and oxygen atoms in total. The monoisotopic (exact) mass is 388 g/mol. The van der Waals surface area contributed by atoms with Crippen LogP contribution in [0.3, 0.4) is 0 Å². The minimum Gasteiger partial charge on any atom is -0.326 e. The summed E-state index contributed by atoms with van der Waals surface area (Å²) in [6, 6.07) is 10.5. The molecule has 0 bridgehead atoms. The number of para-hydroxylation sites is 1. The fourth-order valence-electron chi connectivity index (χ4n) is 2.58. The number of anilines is 2. The standard InChI is InChI=1S/C21H25FN2O2S/c1-14-9-10-17(12-18(14)22)23-20(26)13-27-11-5-8-19(25)24-21-15(2)6-4-7-16(21)3/h4,6-7,9-10,12H,5,8,11,13H2,1-3H3,(H,23,26)(H,24,25). The third-order valence-corrected chi connectivity index (χ3v) is 5.17. The second-order valence-corrected chi connectivity index (χ2v) is 7.59. The highest BCUT2D eigenvalue weighted by molar-refractivity contribution is 7.99. The highest BCUT2D eigenvalue weighted by atomic mass is 32.2. The molecule has 144 valence electrons.